The van der Waals surface area contributed by atoms with Gasteiger partial charge in [-0.15, -0.1) is 0 Å². The zero-order chi connectivity index (χ0) is 12.8. The smallest absolute Gasteiger partial charge is 0.0624 e. The minimum Gasteiger partial charge on any atom is -0.411 e. The lowest BCUT2D eigenvalue weighted by molar-refractivity contribution is 0.233. The third-order valence-corrected chi connectivity index (χ3v) is 3.70. The summed E-state index contributed by atoms with van der Waals surface area (Å²) in [7, 11) is 0. The van der Waals surface area contributed by atoms with Crippen molar-refractivity contribution in [3.8, 4) is 0 Å². The van der Waals surface area contributed by atoms with E-state index in [9.17, 15) is 0 Å². The van der Waals surface area contributed by atoms with Crippen LogP contribution in [0.5, 0.6) is 0 Å². The van der Waals surface area contributed by atoms with Gasteiger partial charge in [0, 0.05) is 25.4 Å². The van der Waals surface area contributed by atoms with E-state index in [1.807, 2.05) is 0 Å². The summed E-state index contributed by atoms with van der Waals surface area (Å²) >= 11 is 0. The first kappa shape index (κ1) is 13.1. The summed E-state index contributed by atoms with van der Waals surface area (Å²) < 4.78 is 0. The molecule has 1 aliphatic heterocycles. The van der Waals surface area contributed by atoms with Crippen LogP contribution in [-0.2, 0) is 6.42 Å². The van der Waals surface area contributed by atoms with E-state index in [0.29, 0.717) is 5.92 Å². The van der Waals surface area contributed by atoms with E-state index < -0.39 is 0 Å². The van der Waals surface area contributed by atoms with Crippen molar-refractivity contribution >= 4 is 5.71 Å². The van der Waals surface area contributed by atoms with Gasteiger partial charge in [0.15, 0.2) is 0 Å². The molecule has 1 aliphatic rings. The Bertz CT molecular complexity index is 389. The maximum absolute atomic E-state index is 8.84. The fraction of sp³-hybridized carbons (Fsp3) is 0.533. The lowest BCUT2D eigenvalue weighted by Gasteiger charge is -2.31. The van der Waals surface area contributed by atoms with Gasteiger partial charge in [0.1, 0.15) is 0 Å². The van der Waals surface area contributed by atoms with Gasteiger partial charge in [0.2, 0.25) is 0 Å². The van der Waals surface area contributed by atoms with Crippen LogP contribution in [0, 0.1) is 5.92 Å². The molecule has 1 fully saturated rings. The highest BCUT2D eigenvalue weighted by Crippen LogP contribution is 2.14. The molecule has 2 rings (SSSR count). The van der Waals surface area contributed by atoms with Crippen LogP contribution in [0.1, 0.15) is 25.3 Å². The average Bonchev–Trinajstić information content (AvgIpc) is 2.40. The molecule has 18 heavy (non-hydrogen) atoms. The Morgan fingerprint density at radius 1 is 1.33 bits per heavy atom. The predicted octanol–water partition coefficient (Wildman–Crippen LogP) is 2.79. The normalized spacial score (nSPS) is 23.4. The molecule has 98 valence electrons. The molecular weight excluding hydrogens is 224 g/mol. The van der Waals surface area contributed by atoms with Gasteiger partial charge >= 0.3 is 0 Å². The van der Waals surface area contributed by atoms with Crippen molar-refractivity contribution < 1.29 is 5.21 Å². The molecule has 0 radical (unpaired) electrons. The van der Waals surface area contributed by atoms with Gasteiger partial charge in [0.25, 0.3) is 0 Å². The van der Waals surface area contributed by atoms with Crippen LogP contribution in [-0.4, -0.2) is 35.5 Å². The van der Waals surface area contributed by atoms with E-state index >= 15 is 0 Å². The molecule has 0 spiro atoms. The van der Waals surface area contributed by atoms with Crippen LogP contribution in [0.4, 0.5) is 0 Å². The van der Waals surface area contributed by atoms with Gasteiger partial charge in [-0.3, -0.25) is 0 Å². The van der Waals surface area contributed by atoms with Gasteiger partial charge in [0.05, 0.1) is 5.71 Å². The molecular formula is C15H22N2O. The molecule has 1 saturated heterocycles. The van der Waals surface area contributed by atoms with Gasteiger partial charge in [-0.25, -0.2) is 0 Å². The van der Waals surface area contributed by atoms with Crippen LogP contribution in [0.15, 0.2) is 35.5 Å². The number of piperidine rings is 1. The third kappa shape index (κ3) is 3.57. The van der Waals surface area contributed by atoms with Crippen molar-refractivity contribution in [1.29, 1.82) is 0 Å². The summed E-state index contributed by atoms with van der Waals surface area (Å²) in [5.74, 6) is 0.389. The first-order valence-corrected chi connectivity index (χ1v) is 6.76. The summed E-state index contributed by atoms with van der Waals surface area (Å²) in [5.41, 5.74) is 2.37. The number of likely N-dealkylation sites (tertiary alicyclic amines) is 1. The number of benzene rings is 1. The zero-order valence-electron chi connectivity index (χ0n) is 11.0. The summed E-state index contributed by atoms with van der Waals surface area (Å²) in [6, 6.07) is 10.6. The van der Waals surface area contributed by atoms with Crippen molar-refractivity contribution in [3.05, 3.63) is 35.9 Å². The van der Waals surface area contributed by atoms with E-state index in [-0.39, 0.29) is 0 Å². The first-order chi connectivity index (χ1) is 8.79. The number of aryl methyl sites for hydroxylation is 1. The molecule has 3 heteroatoms. The van der Waals surface area contributed by atoms with Crippen molar-refractivity contribution in [2.75, 3.05) is 19.6 Å². The number of nitrogens with zero attached hydrogens (tertiary/aromatic N) is 2. The molecule has 0 saturated carbocycles. The fourth-order valence-corrected chi connectivity index (χ4v) is 2.61. The van der Waals surface area contributed by atoms with Crippen molar-refractivity contribution in [2.24, 2.45) is 11.1 Å². The molecule has 0 aromatic heterocycles. The van der Waals surface area contributed by atoms with Crippen LogP contribution >= 0.6 is 0 Å². The molecule has 1 aromatic carbocycles. The molecule has 0 bridgehead atoms. The fourth-order valence-electron chi connectivity index (χ4n) is 2.61. The van der Waals surface area contributed by atoms with Crippen molar-refractivity contribution in [2.45, 2.75) is 26.2 Å². The van der Waals surface area contributed by atoms with E-state index in [4.69, 9.17) is 5.21 Å². The summed E-state index contributed by atoms with van der Waals surface area (Å²) in [6.07, 6.45) is 3.25. The predicted molar refractivity (Wildman–Crippen MR) is 74.2 cm³/mol. The Hall–Kier alpha value is -1.35. The van der Waals surface area contributed by atoms with Crippen molar-refractivity contribution in [3.63, 3.8) is 0 Å². The molecule has 0 amide bonds. The Kier molecular flexibility index (Phi) is 4.76. The molecule has 3 nitrogen and oxygen atoms in total. The highest BCUT2D eigenvalue weighted by Gasteiger charge is 2.21. The molecule has 1 atom stereocenters. The van der Waals surface area contributed by atoms with Crippen LogP contribution < -0.4 is 0 Å². The summed E-state index contributed by atoms with van der Waals surface area (Å²) in [5, 5.41) is 12.2. The van der Waals surface area contributed by atoms with E-state index in [2.05, 4.69) is 47.3 Å². The Morgan fingerprint density at radius 2 is 2.11 bits per heavy atom. The van der Waals surface area contributed by atoms with Gasteiger partial charge in [-0.05, 0) is 24.9 Å². The number of oxime groups is 1. The van der Waals surface area contributed by atoms with Gasteiger partial charge < -0.3 is 10.1 Å². The highest BCUT2D eigenvalue weighted by atomic mass is 16.4. The first-order valence-electron chi connectivity index (χ1n) is 6.76. The Balaban J connectivity index is 1.72. The maximum atomic E-state index is 8.84. The highest BCUT2D eigenvalue weighted by molar-refractivity contribution is 5.86. The molecule has 1 aromatic rings. The summed E-state index contributed by atoms with van der Waals surface area (Å²) in [4.78, 5) is 2.47. The zero-order valence-corrected chi connectivity index (χ0v) is 11.0. The van der Waals surface area contributed by atoms with Gasteiger partial charge in [-0.1, -0.05) is 42.4 Å². The molecule has 1 N–H and O–H groups in total. The van der Waals surface area contributed by atoms with E-state index in [1.54, 1.807) is 0 Å². The average molecular weight is 246 g/mol. The van der Waals surface area contributed by atoms with Gasteiger partial charge in [-0.2, -0.15) is 0 Å². The minimum absolute atomic E-state index is 0.389. The second kappa shape index (κ2) is 6.55. The van der Waals surface area contributed by atoms with E-state index in [0.717, 1.165) is 38.2 Å². The molecule has 1 unspecified atom stereocenters. The molecule has 1 heterocycles. The van der Waals surface area contributed by atoms with E-state index in [1.165, 1.54) is 12.0 Å². The Morgan fingerprint density at radius 3 is 2.78 bits per heavy atom. The second-order valence-corrected chi connectivity index (χ2v) is 5.13. The summed E-state index contributed by atoms with van der Waals surface area (Å²) in [6.45, 7) is 5.32. The van der Waals surface area contributed by atoms with Crippen LogP contribution in [0.25, 0.3) is 0 Å². The maximum Gasteiger partial charge on any atom is 0.0624 e. The van der Waals surface area contributed by atoms with Crippen molar-refractivity contribution in [1.82, 2.24) is 4.90 Å². The second-order valence-electron chi connectivity index (χ2n) is 5.13. The lowest BCUT2D eigenvalue weighted by Crippen LogP contribution is -2.40. The quantitative estimate of drug-likeness (QED) is 0.655. The monoisotopic (exact) mass is 246 g/mol. The lowest BCUT2D eigenvalue weighted by atomic mass is 9.97. The number of hydrogen-bond acceptors (Lipinski definition) is 3. The SMILES string of the molecule is CC1CN(CCCc2ccccc2)CC/C1=N\O. The standard InChI is InChI=1S/C15H22N2O/c1-13-12-17(11-9-15(13)16-18)10-5-8-14-6-3-2-4-7-14/h2-4,6-7,13,18H,5,8-12H2,1H3/b16-15+. The number of rotatable bonds is 4. The third-order valence-electron chi connectivity index (χ3n) is 3.70. The number of hydrogen-bond donors (Lipinski definition) is 1. The minimum atomic E-state index is 0.389. The molecule has 0 aliphatic carbocycles. The Labute approximate surface area is 109 Å². The van der Waals surface area contributed by atoms with Crippen LogP contribution in [0.3, 0.4) is 0 Å². The topological polar surface area (TPSA) is 35.8 Å². The van der Waals surface area contributed by atoms with Crippen LogP contribution in [0.2, 0.25) is 0 Å². The largest absolute Gasteiger partial charge is 0.411 e.